The molecule has 0 unspecified atom stereocenters. The highest BCUT2D eigenvalue weighted by Gasteiger charge is 2.32. The summed E-state index contributed by atoms with van der Waals surface area (Å²) in [7, 11) is -2.23. The van der Waals surface area contributed by atoms with E-state index in [0.29, 0.717) is 12.1 Å². The van der Waals surface area contributed by atoms with Crippen LogP contribution in [0.1, 0.15) is 16.7 Å². The smallest absolute Gasteiger partial charge is 0.244 e. The second kappa shape index (κ2) is 11.7. The van der Waals surface area contributed by atoms with Gasteiger partial charge in [-0.2, -0.15) is 0 Å². The molecule has 0 spiro atoms. The number of carbonyl (C=O) groups is 2. The molecule has 3 rings (SSSR count). The molecule has 0 fully saturated rings. The second-order valence-corrected chi connectivity index (χ2v) is 10.3. The largest absolute Gasteiger partial charge is 0.357 e. The number of nitrogens with one attached hydrogen (secondary N) is 1. The molecule has 35 heavy (non-hydrogen) atoms. The van der Waals surface area contributed by atoms with Crippen molar-refractivity contribution in [2.45, 2.75) is 25.9 Å². The van der Waals surface area contributed by atoms with Gasteiger partial charge in [0.1, 0.15) is 12.6 Å². The van der Waals surface area contributed by atoms with Crippen molar-refractivity contribution < 1.29 is 18.0 Å². The standard InChI is InChI=1S/C27H31N3O4S/c1-21-14-16-24(17-15-21)30(35(3,33)34)20-26(31)29(19-23-12-8-5-9-13-23)25(27(32)28-2)18-22-10-6-4-7-11-22/h4-17,25H,18-20H2,1-3H3,(H,28,32)/t25-/m1/s1. The lowest BCUT2D eigenvalue weighted by Crippen LogP contribution is -2.52. The van der Waals surface area contributed by atoms with Gasteiger partial charge in [-0.15, -0.1) is 0 Å². The predicted molar refractivity (Wildman–Crippen MR) is 138 cm³/mol. The van der Waals surface area contributed by atoms with Crippen molar-refractivity contribution in [1.82, 2.24) is 10.2 Å². The van der Waals surface area contributed by atoms with Crippen LogP contribution in [0.3, 0.4) is 0 Å². The van der Waals surface area contributed by atoms with Crippen molar-refractivity contribution in [1.29, 1.82) is 0 Å². The number of sulfonamides is 1. The lowest BCUT2D eigenvalue weighted by Gasteiger charge is -2.33. The van der Waals surface area contributed by atoms with Crippen LogP contribution >= 0.6 is 0 Å². The van der Waals surface area contributed by atoms with Crippen molar-refractivity contribution in [3.8, 4) is 0 Å². The minimum Gasteiger partial charge on any atom is -0.357 e. The Kier molecular flexibility index (Phi) is 8.65. The maximum absolute atomic E-state index is 13.7. The predicted octanol–water partition coefficient (Wildman–Crippen LogP) is 3.15. The summed E-state index contributed by atoms with van der Waals surface area (Å²) in [4.78, 5) is 28.2. The molecule has 0 aliphatic carbocycles. The van der Waals surface area contributed by atoms with E-state index in [1.165, 1.54) is 11.9 Å². The molecule has 8 heteroatoms. The van der Waals surface area contributed by atoms with Gasteiger partial charge < -0.3 is 10.2 Å². The van der Waals surface area contributed by atoms with Gasteiger partial charge in [-0.3, -0.25) is 13.9 Å². The number of hydrogen-bond donors (Lipinski definition) is 1. The Morgan fingerprint density at radius 1 is 0.857 bits per heavy atom. The lowest BCUT2D eigenvalue weighted by atomic mass is 10.0. The number of aryl methyl sites for hydroxylation is 1. The van der Waals surface area contributed by atoms with Crippen LogP contribution in [0.25, 0.3) is 0 Å². The van der Waals surface area contributed by atoms with E-state index in [-0.39, 0.29) is 12.5 Å². The first-order valence-corrected chi connectivity index (χ1v) is 13.2. The number of hydrogen-bond acceptors (Lipinski definition) is 4. The molecule has 184 valence electrons. The second-order valence-electron chi connectivity index (χ2n) is 8.43. The average molecular weight is 494 g/mol. The van der Waals surface area contributed by atoms with Crippen LogP contribution in [-0.2, 0) is 32.6 Å². The molecule has 0 radical (unpaired) electrons. The van der Waals surface area contributed by atoms with Crippen molar-refractivity contribution in [2.75, 3.05) is 24.2 Å². The first-order chi connectivity index (χ1) is 16.7. The van der Waals surface area contributed by atoms with Gasteiger partial charge in [0.25, 0.3) is 0 Å². The van der Waals surface area contributed by atoms with E-state index in [1.807, 2.05) is 67.6 Å². The summed E-state index contributed by atoms with van der Waals surface area (Å²) in [5.41, 5.74) is 3.10. The Balaban J connectivity index is 1.99. The van der Waals surface area contributed by atoms with Gasteiger partial charge in [-0.25, -0.2) is 8.42 Å². The molecule has 0 heterocycles. The maximum Gasteiger partial charge on any atom is 0.244 e. The minimum absolute atomic E-state index is 0.163. The Labute approximate surface area is 207 Å². The van der Waals surface area contributed by atoms with Crippen LogP contribution in [0.2, 0.25) is 0 Å². The van der Waals surface area contributed by atoms with Gasteiger partial charge in [-0.05, 0) is 30.2 Å². The molecule has 0 saturated heterocycles. The normalized spacial score (nSPS) is 12.0. The highest BCUT2D eigenvalue weighted by atomic mass is 32.2. The van der Waals surface area contributed by atoms with Crippen molar-refractivity contribution in [3.63, 3.8) is 0 Å². The zero-order valence-electron chi connectivity index (χ0n) is 20.2. The fraction of sp³-hybridized carbons (Fsp3) is 0.259. The van der Waals surface area contributed by atoms with E-state index in [4.69, 9.17) is 0 Å². The molecule has 0 bridgehead atoms. The topological polar surface area (TPSA) is 86.8 Å². The Hall–Kier alpha value is -3.65. The third-order valence-electron chi connectivity index (χ3n) is 5.71. The quantitative estimate of drug-likeness (QED) is 0.470. The van der Waals surface area contributed by atoms with Crippen LogP contribution < -0.4 is 9.62 Å². The summed E-state index contributed by atoms with van der Waals surface area (Å²) in [5, 5.41) is 2.66. The van der Waals surface area contributed by atoms with Crippen LogP contribution in [-0.4, -0.2) is 51.0 Å². The third kappa shape index (κ3) is 7.16. The van der Waals surface area contributed by atoms with Crippen LogP contribution in [0.4, 0.5) is 5.69 Å². The van der Waals surface area contributed by atoms with Gasteiger partial charge in [0.15, 0.2) is 0 Å². The van der Waals surface area contributed by atoms with Crippen LogP contribution in [0.5, 0.6) is 0 Å². The van der Waals surface area contributed by atoms with Gasteiger partial charge in [-0.1, -0.05) is 78.4 Å². The van der Waals surface area contributed by atoms with E-state index >= 15 is 0 Å². The van der Waals surface area contributed by atoms with Gasteiger partial charge >= 0.3 is 0 Å². The summed E-state index contributed by atoms with van der Waals surface area (Å²) in [6.45, 7) is 1.64. The van der Waals surface area contributed by atoms with E-state index in [1.54, 1.807) is 24.3 Å². The molecule has 0 aliphatic rings. The van der Waals surface area contributed by atoms with Crippen LogP contribution in [0, 0.1) is 6.92 Å². The van der Waals surface area contributed by atoms with E-state index in [2.05, 4.69) is 5.32 Å². The molecular formula is C27H31N3O4S. The molecule has 2 amide bonds. The number of rotatable bonds is 10. The van der Waals surface area contributed by atoms with E-state index in [9.17, 15) is 18.0 Å². The minimum atomic E-state index is -3.76. The summed E-state index contributed by atoms with van der Waals surface area (Å²) in [6, 6.07) is 24.9. The summed E-state index contributed by atoms with van der Waals surface area (Å²) in [6.07, 6.45) is 1.37. The zero-order chi connectivity index (χ0) is 25.4. The van der Waals surface area contributed by atoms with Crippen molar-refractivity contribution in [2.24, 2.45) is 0 Å². The number of nitrogens with zero attached hydrogens (tertiary/aromatic N) is 2. The SMILES string of the molecule is CNC(=O)[C@@H](Cc1ccccc1)N(Cc1ccccc1)C(=O)CN(c1ccc(C)cc1)S(C)(=O)=O. The summed E-state index contributed by atoms with van der Waals surface area (Å²) >= 11 is 0. The van der Waals surface area contributed by atoms with Gasteiger partial charge in [0.05, 0.1) is 11.9 Å². The number of amides is 2. The number of likely N-dealkylation sites (N-methyl/N-ethyl adjacent to an activating group) is 1. The molecule has 1 atom stereocenters. The number of benzene rings is 3. The van der Waals surface area contributed by atoms with Gasteiger partial charge in [0.2, 0.25) is 21.8 Å². The fourth-order valence-electron chi connectivity index (χ4n) is 3.83. The Morgan fingerprint density at radius 2 is 1.40 bits per heavy atom. The first kappa shape index (κ1) is 26.0. The highest BCUT2D eigenvalue weighted by molar-refractivity contribution is 7.92. The molecule has 7 nitrogen and oxygen atoms in total. The summed E-state index contributed by atoms with van der Waals surface area (Å²) in [5.74, 6) is -0.788. The number of anilines is 1. The molecule has 1 N–H and O–H groups in total. The third-order valence-corrected chi connectivity index (χ3v) is 6.85. The molecule has 0 saturated carbocycles. The van der Waals surface area contributed by atoms with Crippen molar-refractivity contribution >= 4 is 27.5 Å². The average Bonchev–Trinajstić information content (AvgIpc) is 2.85. The molecule has 3 aromatic rings. The first-order valence-electron chi connectivity index (χ1n) is 11.3. The van der Waals surface area contributed by atoms with Crippen LogP contribution in [0.15, 0.2) is 84.9 Å². The highest BCUT2D eigenvalue weighted by Crippen LogP contribution is 2.20. The van der Waals surface area contributed by atoms with E-state index < -0.39 is 28.5 Å². The monoisotopic (exact) mass is 493 g/mol. The fourth-order valence-corrected chi connectivity index (χ4v) is 4.68. The summed E-state index contributed by atoms with van der Waals surface area (Å²) < 4.78 is 26.4. The zero-order valence-corrected chi connectivity index (χ0v) is 21.0. The molecular weight excluding hydrogens is 462 g/mol. The lowest BCUT2D eigenvalue weighted by molar-refractivity contribution is -0.139. The van der Waals surface area contributed by atoms with Gasteiger partial charge in [0, 0.05) is 20.0 Å². The molecule has 0 aromatic heterocycles. The maximum atomic E-state index is 13.7. The van der Waals surface area contributed by atoms with Crippen molar-refractivity contribution in [3.05, 3.63) is 102 Å². The van der Waals surface area contributed by atoms with E-state index in [0.717, 1.165) is 27.3 Å². The molecule has 3 aromatic carbocycles. The number of carbonyl (C=O) groups excluding carboxylic acids is 2. The Morgan fingerprint density at radius 3 is 1.91 bits per heavy atom. The molecule has 0 aliphatic heterocycles. The Bertz CT molecular complexity index is 1230.